The highest BCUT2D eigenvalue weighted by atomic mass is 32.2. The Hall–Kier alpha value is -1.41. The van der Waals surface area contributed by atoms with Crippen LogP contribution in [-0.4, -0.2) is 37.4 Å². The maximum atomic E-state index is 5.45. The second kappa shape index (κ2) is 5.07. The summed E-state index contributed by atoms with van der Waals surface area (Å²) in [4.78, 5) is 4.39. The van der Waals surface area contributed by atoms with Gasteiger partial charge < -0.3 is 10.3 Å². The molecule has 18 heavy (non-hydrogen) atoms. The highest BCUT2D eigenvalue weighted by Gasteiger charge is 2.24. The summed E-state index contributed by atoms with van der Waals surface area (Å²) in [5, 5.41) is 12.3. The van der Waals surface area contributed by atoms with Gasteiger partial charge in [-0.2, -0.15) is 16.7 Å². The third kappa shape index (κ3) is 2.25. The quantitative estimate of drug-likeness (QED) is 0.876. The van der Waals surface area contributed by atoms with E-state index < -0.39 is 0 Å². The van der Waals surface area contributed by atoms with Gasteiger partial charge in [-0.25, -0.2) is 0 Å². The SMILES string of the molecule is NCCn1cc(-c2nc(C3CCCS3)no2)nn1. The summed E-state index contributed by atoms with van der Waals surface area (Å²) < 4.78 is 6.90. The molecule has 96 valence electrons. The molecule has 2 aromatic heterocycles. The smallest absolute Gasteiger partial charge is 0.280 e. The summed E-state index contributed by atoms with van der Waals surface area (Å²) in [5.41, 5.74) is 6.05. The van der Waals surface area contributed by atoms with Gasteiger partial charge in [-0.3, -0.25) is 4.68 Å². The molecule has 0 aliphatic carbocycles. The molecule has 0 radical (unpaired) electrons. The fraction of sp³-hybridized carbons (Fsp3) is 0.600. The maximum absolute atomic E-state index is 5.45. The molecular formula is C10H14N6OS. The molecule has 0 saturated carbocycles. The molecule has 7 nitrogen and oxygen atoms in total. The van der Waals surface area contributed by atoms with Crippen LogP contribution in [0, 0.1) is 0 Å². The Morgan fingerprint density at radius 3 is 3.28 bits per heavy atom. The first kappa shape index (κ1) is 11.7. The summed E-state index contributed by atoms with van der Waals surface area (Å²) >= 11 is 1.87. The maximum Gasteiger partial charge on any atom is 0.280 e. The molecule has 1 aliphatic rings. The summed E-state index contributed by atoms with van der Waals surface area (Å²) in [6.07, 6.45) is 4.10. The second-order valence-corrected chi connectivity index (χ2v) is 5.43. The minimum absolute atomic E-state index is 0.363. The molecule has 0 bridgehead atoms. The largest absolute Gasteiger partial charge is 0.332 e. The average Bonchev–Trinajstić information content (AvgIpc) is 3.10. The molecule has 1 atom stereocenters. The summed E-state index contributed by atoms with van der Waals surface area (Å²) in [6, 6.07) is 0. The minimum Gasteiger partial charge on any atom is -0.332 e. The molecule has 0 aromatic carbocycles. The van der Waals surface area contributed by atoms with Crippen LogP contribution in [0.4, 0.5) is 0 Å². The molecule has 2 aromatic rings. The van der Waals surface area contributed by atoms with Crippen LogP contribution in [0.15, 0.2) is 10.7 Å². The highest BCUT2D eigenvalue weighted by Crippen LogP contribution is 2.38. The van der Waals surface area contributed by atoms with Crippen molar-refractivity contribution >= 4 is 11.8 Å². The molecule has 1 fully saturated rings. The monoisotopic (exact) mass is 266 g/mol. The molecule has 1 unspecified atom stereocenters. The van der Waals surface area contributed by atoms with E-state index in [2.05, 4.69) is 20.5 Å². The average molecular weight is 266 g/mol. The molecule has 1 aliphatic heterocycles. The molecule has 3 heterocycles. The van der Waals surface area contributed by atoms with Gasteiger partial charge in [0.1, 0.15) is 0 Å². The van der Waals surface area contributed by atoms with E-state index in [0.29, 0.717) is 29.9 Å². The van der Waals surface area contributed by atoms with Crippen LogP contribution in [0.2, 0.25) is 0 Å². The zero-order chi connectivity index (χ0) is 12.4. The normalized spacial score (nSPS) is 19.5. The lowest BCUT2D eigenvalue weighted by molar-refractivity contribution is 0.420. The van der Waals surface area contributed by atoms with E-state index in [4.69, 9.17) is 10.3 Å². The lowest BCUT2D eigenvalue weighted by atomic mass is 10.2. The Bertz CT molecular complexity index is 518. The number of nitrogens with two attached hydrogens (primary N) is 1. The Balaban J connectivity index is 1.78. The number of thioether (sulfide) groups is 1. The van der Waals surface area contributed by atoms with Gasteiger partial charge in [0.15, 0.2) is 11.5 Å². The van der Waals surface area contributed by atoms with Crippen molar-refractivity contribution in [3.8, 4) is 11.6 Å². The zero-order valence-corrected chi connectivity index (χ0v) is 10.6. The van der Waals surface area contributed by atoms with Gasteiger partial charge in [0.25, 0.3) is 5.89 Å². The van der Waals surface area contributed by atoms with Gasteiger partial charge in [-0.1, -0.05) is 10.4 Å². The van der Waals surface area contributed by atoms with Crippen LogP contribution in [-0.2, 0) is 6.54 Å². The van der Waals surface area contributed by atoms with E-state index in [1.807, 2.05) is 11.8 Å². The van der Waals surface area contributed by atoms with Gasteiger partial charge in [-0.15, -0.1) is 5.10 Å². The Kier molecular flexibility index (Phi) is 3.28. The highest BCUT2D eigenvalue weighted by molar-refractivity contribution is 7.99. The molecule has 1 saturated heterocycles. The van der Waals surface area contributed by atoms with Crippen molar-refractivity contribution < 1.29 is 4.52 Å². The van der Waals surface area contributed by atoms with E-state index in [9.17, 15) is 0 Å². The first-order valence-electron chi connectivity index (χ1n) is 5.92. The third-order valence-corrected chi connectivity index (χ3v) is 4.15. The molecule has 0 amide bonds. The van der Waals surface area contributed by atoms with Gasteiger partial charge in [-0.05, 0) is 18.6 Å². The molecule has 3 rings (SSSR count). The van der Waals surface area contributed by atoms with E-state index in [-0.39, 0.29) is 0 Å². The van der Waals surface area contributed by atoms with Crippen molar-refractivity contribution in [2.45, 2.75) is 24.6 Å². The molecular weight excluding hydrogens is 252 g/mol. The Morgan fingerprint density at radius 1 is 1.56 bits per heavy atom. The van der Waals surface area contributed by atoms with Crippen molar-refractivity contribution in [1.82, 2.24) is 25.1 Å². The van der Waals surface area contributed by atoms with E-state index in [1.165, 1.54) is 12.2 Å². The second-order valence-electron chi connectivity index (χ2n) is 4.11. The van der Waals surface area contributed by atoms with E-state index >= 15 is 0 Å². The standard InChI is InChI=1S/C10H14N6OS/c11-3-4-16-6-7(13-15-16)10-12-9(14-17-10)8-2-1-5-18-8/h6,8H,1-5,11H2. The first-order valence-corrected chi connectivity index (χ1v) is 6.97. The van der Waals surface area contributed by atoms with Crippen LogP contribution in [0.25, 0.3) is 11.6 Å². The van der Waals surface area contributed by atoms with Crippen LogP contribution in [0.1, 0.15) is 23.9 Å². The number of aromatic nitrogens is 5. The van der Waals surface area contributed by atoms with Crippen LogP contribution in [0.3, 0.4) is 0 Å². The first-order chi connectivity index (χ1) is 8.86. The number of hydrogen-bond donors (Lipinski definition) is 1. The predicted octanol–water partition coefficient (Wildman–Crippen LogP) is 0.855. The number of rotatable bonds is 4. The van der Waals surface area contributed by atoms with Gasteiger partial charge in [0.2, 0.25) is 0 Å². The van der Waals surface area contributed by atoms with Crippen molar-refractivity contribution in [3.63, 3.8) is 0 Å². The molecule has 2 N–H and O–H groups in total. The van der Waals surface area contributed by atoms with E-state index in [0.717, 1.165) is 12.2 Å². The van der Waals surface area contributed by atoms with Crippen LogP contribution < -0.4 is 5.73 Å². The Labute approximate surface area is 108 Å². The van der Waals surface area contributed by atoms with Crippen molar-refractivity contribution in [3.05, 3.63) is 12.0 Å². The summed E-state index contributed by atoms with van der Waals surface area (Å²) in [5.74, 6) is 2.36. The fourth-order valence-electron chi connectivity index (χ4n) is 1.89. The van der Waals surface area contributed by atoms with Gasteiger partial charge in [0.05, 0.1) is 18.0 Å². The van der Waals surface area contributed by atoms with Gasteiger partial charge in [0, 0.05) is 6.54 Å². The Morgan fingerprint density at radius 2 is 2.50 bits per heavy atom. The van der Waals surface area contributed by atoms with Crippen LogP contribution in [0.5, 0.6) is 0 Å². The fourth-order valence-corrected chi connectivity index (χ4v) is 3.08. The summed E-state index contributed by atoms with van der Waals surface area (Å²) in [7, 11) is 0. The lowest BCUT2D eigenvalue weighted by Crippen LogP contribution is -2.10. The van der Waals surface area contributed by atoms with Gasteiger partial charge >= 0.3 is 0 Å². The summed E-state index contributed by atoms with van der Waals surface area (Å²) in [6.45, 7) is 1.16. The lowest BCUT2D eigenvalue weighted by Gasteiger charge is -1.98. The zero-order valence-electron chi connectivity index (χ0n) is 9.82. The number of nitrogens with zero attached hydrogens (tertiary/aromatic N) is 5. The van der Waals surface area contributed by atoms with E-state index in [1.54, 1.807) is 10.9 Å². The topological polar surface area (TPSA) is 95.7 Å². The predicted molar refractivity (Wildman–Crippen MR) is 66.8 cm³/mol. The minimum atomic E-state index is 0.363. The van der Waals surface area contributed by atoms with Crippen LogP contribution >= 0.6 is 11.8 Å². The third-order valence-electron chi connectivity index (χ3n) is 2.78. The van der Waals surface area contributed by atoms with Crippen molar-refractivity contribution in [2.75, 3.05) is 12.3 Å². The van der Waals surface area contributed by atoms with Crippen molar-refractivity contribution in [2.24, 2.45) is 5.73 Å². The molecule has 0 spiro atoms. The van der Waals surface area contributed by atoms with Crippen molar-refractivity contribution in [1.29, 1.82) is 0 Å². The molecule has 8 heteroatoms. The number of hydrogen-bond acceptors (Lipinski definition) is 7.